The summed E-state index contributed by atoms with van der Waals surface area (Å²) >= 11 is 12.2. The van der Waals surface area contributed by atoms with Crippen molar-refractivity contribution in [2.45, 2.75) is 6.54 Å². The van der Waals surface area contributed by atoms with Crippen molar-refractivity contribution in [3.8, 4) is 0 Å². The Morgan fingerprint density at radius 2 is 1.71 bits per heavy atom. The lowest BCUT2D eigenvalue weighted by Crippen LogP contribution is -2.48. The van der Waals surface area contributed by atoms with Crippen LogP contribution in [0.4, 0.5) is 11.4 Å². The van der Waals surface area contributed by atoms with Gasteiger partial charge in [-0.25, -0.2) is 0 Å². The zero-order valence-corrected chi connectivity index (χ0v) is 16.6. The van der Waals surface area contributed by atoms with E-state index in [0.717, 1.165) is 43.3 Å². The number of nitrogens with zero attached hydrogens (tertiary/aromatic N) is 3. The van der Waals surface area contributed by atoms with E-state index in [1.807, 2.05) is 29.2 Å². The number of amides is 1. The Labute approximate surface area is 173 Å². The summed E-state index contributed by atoms with van der Waals surface area (Å²) in [6.07, 6.45) is 0. The minimum absolute atomic E-state index is 0.118. The van der Waals surface area contributed by atoms with Gasteiger partial charge < -0.3 is 5.32 Å². The predicted molar refractivity (Wildman–Crippen MR) is 110 cm³/mol. The number of carbonyl (C=O) groups is 1. The van der Waals surface area contributed by atoms with Gasteiger partial charge in [-0.1, -0.05) is 41.4 Å². The van der Waals surface area contributed by atoms with Gasteiger partial charge >= 0.3 is 0 Å². The molecule has 0 saturated carbocycles. The molecule has 0 aromatic heterocycles. The number of hydrogen-bond donors (Lipinski definition) is 1. The Balaban J connectivity index is 1.49. The van der Waals surface area contributed by atoms with Crippen molar-refractivity contribution in [1.29, 1.82) is 0 Å². The third-order valence-electron chi connectivity index (χ3n) is 4.62. The van der Waals surface area contributed by atoms with E-state index in [-0.39, 0.29) is 28.8 Å². The number of benzene rings is 2. The van der Waals surface area contributed by atoms with Gasteiger partial charge in [-0.15, -0.1) is 0 Å². The molecule has 3 rings (SSSR count). The SMILES string of the molecule is O=C(CN1CCN(Cc2ccccc2Cl)CC1)Nc1cc([N+](=O)[O-])ccc1Cl. The summed E-state index contributed by atoms with van der Waals surface area (Å²) in [5, 5.41) is 14.6. The van der Waals surface area contributed by atoms with Gasteiger partial charge in [0.1, 0.15) is 0 Å². The van der Waals surface area contributed by atoms with E-state index < -0.39 is 4.92 Å². The number of nitro groups is 1. The lowest BCUT2D eigenvalue weighted by atomic mass is 10.2. The quantitative estimate of drug-likeness (QED) is 0.567. The molecule has 7 nitrogen and oxygen atoms in total. The molecule has 148 valence electrons. The highest BCUT2D eigenvalue weighted by atomic mass is 35.5. The fourth-order valence-electron chi connectivity index (χ4n) is 3.09. The van der Waals surface area contributed by atoms with E-state index >= 15 is 0 Å². The number of non-ortho nitro benzene ring substituents is 1. The van der Waals surface area contributed by atoms with Crippen molar-refractivity contribution in [2.75, 3.05) is 38.0 Å². The van der Waals surface area contributed by atoms with E-state index in [4.69, 9.17) is 23.2 Å². The first kappa shape index (κ1) is 20.5. The van der Waals surface area contributed by atoms with Crippen LogP contribution in [-0.2, 0) is 11.3 Å². The highest BCUT2D eigenvalue weighted by Crippen LogP contribution is 2.26. The van der Waals surface area contributed by atoms with Crippen LogP contribution in [0.15, 0.2) is 42.5 Å². The number of halogens is 2. The lowest BCUT2D eigenvalue weighted by molar-refractivity contribution is -0.384. The Hall–Kier alpha value is -2.19. The smallest absolute Gasteiger partial charge is 0.271 e. The summed E-state index contributed by atoms with van der Waals surface area (Å²) in [4.78, 5) is 27.0. The van der Waals surface area contributed by atoms with Crippen LogP contribution < -0.4 is 5.32 Å². The lowest BCUT2D eigenvalue weighted by Gasteiger charge is -2.34. The fourth-order valence-corrected chi connectivity index (χ4v) is 3.45. The summed E-state index contributed by atoms with van der Waals surface area (Å²) in [7, 11) is 0. The van der Waals surface area contributed by atoms with Gasteiger partial charge in [0.25, 0.3) is 5.69 Å². The highest BCUT2D eigenvalue weighted by Gasteiger charge is 2.20. The van der Waals surface area contributed by atoms with Gasteiger partial charge in [0.05, 0.1) is 22.2 Å². The second-order valence-corrected chi connectivity index (χ2v) is 7.43. The molecule has 0 bridgehead atoms. The van der Waals surface area contributed by atoms with Crippen molar-refractivity contribution < 1.29 is 9.72 Å². The van der Waals surface area contributed by atoms with Crippen LogP contribution in [-0.4, -0.2) is 53.4 Å². The van der Waals surface area contributed by atoms with Crippen molar-refractivity contribution >= 4 is 40.5 Å². The molecule has 2 aromatic carbocycles. The number of rotatable bonds is 6. The summed E-state index contributed by atoms with van der Waals surface area (Å²) in [5.74, 6) is -0.248. The summed E-state index contributed by atoms with van der Waals surface area (Å²) in [5.41, 5.74) is 1.22. The number of anilines is 1. The fraction of sp³-hybridized carbons (Fsp3) is 0.316. The first-order valence-corrected chi connectivity index (χ1v) is 9.60. The summed E-state index contributed by atoms with van der Waals surface area (Å²) in [6.45, 7) is 4.15. The maximum Gasteiger partial charge on any atom is 0.271 e. The first-order valence-electron chi connectivity index (χ1n) is 8.84. The van der Waals surface area contributed by atoms with Crippen LogP contribution in [0.5, 0.6) is 0 Å². The van der Waals surface area contributed by atoms with E-state index in [1.54, 1.807) is 0 Å². The normalized spacial score (nSPS) is 15.4. The van der Waals surface area contributed by atoms with Crippen LogP contribution in [0.3, 0.4) is 0 Å². The molecule has 9 heteroatoms. The highest BCUT2D eigenvalue weighted by molar-refractivity contribution is 6.33. The molecule has 1 N–H and O–H groups in total. The van der Waals surface area contributed by atoms with Crippen molar-refractivity contribution in [3.63, 3.8) is 0 Å². The maximum absolute atomic E-state index is 12.3. The van der Waals surface area contributed by atoms with Crippen LogP contribution in [0.25, 0.3) is 0 Å². The van der Waals surface area contributed by atoms with Crippen LogP contribution >= 0.6 is 23.2 Å². The average molecular weight is 423 g/mol. The molecule has 0 spiro atoms. The molecule has 1 saturated heterocycles. The molecule has 2 aromatic rings. The van der Waals surface area contributed by atoms with Crippen LogP contribution in [0.2, 0.25) is 10.0 Å². The number of piperazine rings is 1. The molecule has 0 unspecified atom stereocenters. The molecular formula is C19H20Cl2N4O3. The number of hydrogen-bond acceptors (Lipinski definition) is 5. The van der Waals surface area contributed by atoms with Gasteiger partial charge in [0.2, 0.25) is 5.91 Å². The molecule has 0 radical (unpaired) electrons. The second-order valence-electron chi connectivity index (χ2n) is 6.61. The van der Waals surface area contributed by atoms with Gasteiger partial charge in [-0.2, -0.15) is 0 Å². The molecule has 0 atom stereocenters. The summed E-state index contributed by atoms with van der Waals surface area (Å²) in [6, 6.07) is 11.8. The van der Waals surface area contributed by atoms with Crippen LogP contribution in [0.1, 0.15) is 5.56 Å². The van der Waals surface area contributed by atoms with E-state index in [1.165, 1.54) is 18.2 Å². The maximum atomic E-state index is 12.3. The molecular weight excluding hydrogens is 403 g/mol. The molecule has 1 aliphatic heterocycles. The topological polar surface area (TPSA) is 78.7 Å². The Morgan fingerprint density at radius 3 is 2.39 bits per heavy atom. The second kappa shape index (κ2) is 9.34. The largest absolute Gasteiger partial charge is 0.323 e. The Bertz CT molecular complexity index is 870. The third kappa shape index (κ3) is 5.42. The minimum atomic E-state index is -0.524. The molecule has 1 aliphatic rings. The van der Waals surface area contributed by atoms with Crippen LogP contribution in [0, 0.1) is 10.1 Å². The van der Waals surface area contributed by atoms with Gasteiger partial charge in [-0.3, -0.25) is 24.7 Å². The Kier molecular flexibility index (Phi) is 6.85. The van der Waals surface area contributed by atoms with E-state index in [0.29, 0.717) is 0 Å². The van der Waals surface area contributed by atoms with Crippen molar-refractivity contribution in [2.24, 2.45) is 0 Å². The van der Waals surface area contributed by atoms with Gasteiger partial charge in [0.15, 0.2) is 0 Å². The monoisotopic (exact) mass is 422 g/mol. The van der Waals surface area contributed by atoms with Crippen molar-refractivity contribution in [3.05, 3.63) is 68.2 Å². The van der Waals surface area contributed by atoms with E-state index in [9.17, 15) is 14.9 Å². The zero-order chi connectivity index (χ0) is 20.1. The predicted octanol–water partition coefficient (Wildman–Crippen LogP) is 3.66. The van der Waals surface area contributed by atoms with Gasteiger partial charge in [-0.05, 0) is 17.7 Å². The number of nitro benzene ring substituents is 1. The van der Waals surface area contributed by atoms with Crippen molar-refractivity contribution in [1.82, 2.24) is 9.80 Å². The Morgan fingerprint density at radius 1 is 1.04 bits per heavy atom. The molecule has 1 fully saturated rings. The van der Waals surface area contributed by atoms with Gasteiger partial charge in [0, 0.05) is 49.9 Å². The first-order chi connectivity index (χ1) is 13.4. The molecule has 1 amide bonds. The summed E-state index contributed by atoms with van der Waals surface area (Å²) < 4.78 is 0. The minimum Gasteiger partial charge on any atom is -0.323 e. The average Bonchev–Trinajstić information content (AvgIpc) is 2.66. The molecule has 28 heavy (non-hydrogen) atoms. The number of nitrogens with one attached hydrogen (secondary N) is 1. The van der Waals surface area contributed by atoms with E-state index in [2.05, 4.69) is 10.2 Å². The standard InChI is InChI=1S/C19H20Cl2N4O3/c20-16-4-2-1-3-14(16)12-23-7-9-24(10-8-23)13-19(26)22-18-11-15(25(27)28)5-6-17(18)21/h1-6,11H,7-10,12-13H2,(H,22,26). The third-order valence-corrected chi connectivity index (χ3v) is 5.32. The zero-order valence-electron chi connectivity index (χ0n) is 15.1. The molecule has 0 aliphatic carbocycles. The number of carbonyl (C=O) groups excluding carboxylic acids is 1. The molecule has 1 heterocycles.